The molecule has 0 bridgehead atoms. The summed E-state index contributed by atoms with van der Waals surface area (Å²) in [7, 11) is -3.67. The normalized spacial score (nSPS) is 15.1. The molecule has 1 aliphatic heterocycles. The molecule has 0 saturated carbocycles. The van der Waals surface area contributed by atoms with Gasteiger partial charge >= 0.3 is 0 Å². The summed E-state index contributed by atoms with van der Waals surface area (Å²) < 4.78 is 37.6. The molecule has 1 aliphatic rings. The number of rotatable bonds is 5. The number of nitrogens with zero attached hydrogens (tertiary/aromatic N) is 3. The van der Waals surface area contributed by atoms with E-state index in [0.29, 0.717) is 43.3 Å². The number of aromatic nitrogens is 2. The lowest BCUT2D eigenvalue weighted by atomic mass is 10.2. The van der Waals surface area contributed by atoms with Gasteiger partial charge in [-0.05, 0) is 36.8 Å². The quantitative estimate of drug-likeness (QED) is 0.663. The van der Waals surface area contributed by atoms with Crippen LogP contribution in [-0.2, 0) is 14.8 Å². The number of sulfonamides is 1. The van der Waals surface area contributed by atoms with E-state index in [-0.39, 0.29) is 10.6 Å². The van der Waals surface area contributed by atoms with Crippen molar-refractivity contribution in [3.8, 4) is 11.3 Å². The third kappa shape index (κ3) is 4.11. The monoisotopic (exact) mass is 428 g/mol. The van der Waals surface area contributed by atoms with Gasteiger partial charge in [-0.2, -0.15) is 4.31 Å². The number of carbonyl (C=O) groups is 1. The van der Waals surface area contributed by atoms with Crippen LogP contribution < -0.4 is 5.32 Å². The maximum Gasteiger partial charge on any atom is 0.277 e. The molecule has 0 radical (unpaired) electrons. The Morgan fingerprint density at radius 3 is 2.70 bits per heavy atom. The molecule has 1 saturated heterocycles. The van der Waals surface area contributed by atoms with Crippen LogP contribution in [-0.4, -0.2) is 55.1 Å². The Bertz CT molecular complexity index is 1150. The summed E-state index contributed by atoms with van der Waals surface area (Å²) in [5.74, 6) is -0.0912. The highest BCUT2D eigenvalue weighted by molar-refractivity contribution is 7.89. The van der Waals surface area contributed by atoms with E-state index in [0.717, 1.165) is 5.56 Å². The average molecular weight is 428 g/mol. The number of anilines is 1. The number of pyridine rings is 1. The summed E-state index contributed by atoms with van der Waals surface area (Å²) in [6.07, 6.45) is 3.24. The lowest BCUT2D eigenvalue weighted by molar-refractivity contribution is 0.0730. The fourth-order valence-electron chi connectivity index (χ4n) is 3.05. The van der Waals surface area contributed by atoms with E-state index in [1.54, 1.807) is 37.5 Å². The summed E-state index contributed by atoms with van der Waals surface area (Å²) in [5.41, 5.74) is 1.88. The van der Waals surface area contributed by atoms with Crippen LogP contribution in [0.5, 0.6) is 0 Å². The van der Waals surface area contributed by atoms with Crippen LogP contribution in [0.2, 0.25) is 0 Å². The number of nitrogens with one attached hydrogen (secondary N) is 1. The van der Waals surface area contributed by atoms with Crippen molar-refractivity contribution in [1.29, 1.82) is 0 Å². The van der Waals surface area contributed by atoms with Crippen molar-refractivity contribution in [2.45, 2.75) is 11.8 Å². The molecule has 4 rings (SSSR count). The largest absolute Gasteiger partial charge is 0.379 e. The Hall–Kier alpha value is -3.08. The summed E-state index contributed by atoms with van der Waals surface area (Å²) in [6, 6.07) is 9.70. The fourth-order valence-corrected chi connectivity index (χ4v) is 4.48. The van der Waals surface area contributed by atoms with Crippen molar-refractivity contribution < 1.29 is 22.5 Å². The minimum absolute atomic E-state index is 0.0784. The van der Waals surface area contributed by atoms with Crippen LogP contribution in [0.4, 0.5) is 5.69 Å². The molecule has 3 heterocycles. The number of morpholine rings is 1. The van der Waals surface area contributed by atoms with E-state index >= 15 is 0 Å². The second kappa shape index (κ2) is 8.34. The Morgan fingerprint density at radius 1 is 1.17 bits per heavy atom. The zero-order valence-corrected chi connectivity index (χ0v) is 17.1. The molecule has 3 aromatic rings. The first-order valence-electron chi connectivity index (χ1n) is 9.32. The van der Waals surface area contributed by atoms with Gasteiger partial charge in [0.05, 0.1) is 18.1 Å². The zero-order valence-electron chi connectivity index (χ0n) is 16.2. The molecular formula is C20H20N4O5S. The van der Waals surface area contributed by atoms with Crippen LogP contribution in [0, 0.1) is 6.92 Å². The summed E-state index contributed by atoms with van der Waals surface area (Å²) >= 11 is 0. The second-order valence-electron chi connectivity index (χ2n) is 6.77. The van der Waals surface area contributed by atoms with Crippen molar-refractivity contribution in [2.24, 2.45) is 0 Å². The molecule has 30 heavy (non-hydrogen) atoms. The third-order valence-corrected chi connectivity index (χ3v) is 6.65. The highest BCUT2D eigenvalue weighted by Crippen LogP contribution is 2.25. The van der Waals surface area contributed by atoms with Gasteiger partial charge in [-0.1, -0.05) is 11.2 Å². The first kappa shape index (κ1) is 20.2. The van der Waals surface area contributed by atoms with E-state index in [1.807, 2.05) is 0 Å². The number of amides is 1. The number of hydrogen-bond donors (Lipinski definition) is 1. The maximum atomic E-state index is 12.9. The van der Waals surface area contributed by atoms with Gasteiger partial charge in [0, 0.05) is 42.8 Å². The summed E-state index contributed by atoms with van der Waals surface area (Å²) in [6.45, 7) is 3.10. The van der Waals surface area contributed by atoms with Crippen LogP contribution >= 0.6 is 0 Å². The van der Waals surface area contributed by atoms with Gasteiger partial charge in [-0.3, -0.25) is 9.78 Å². The summed E-state index contributed by atoms with van der Waals surface area (Å²) in [4.78, 5) is 16.8. The lowest BCUT2D eigenvalue weighted by Crippen LogP contribution is -2.40. The lowest BCUT2D eigenvalue weighted by Gasteiger charge is -2.26. The van der Waals surface area contributed by atoms with E-state index in [9.17, 15) is 13.2 Å². The van der Waals surface area contributed by atoms with Crippen molar-refractivity contribution in [1.82, 2.24) is 14.4 Å². The molecule has 9 nitrogen and oxygen atoms in total. The minimum atomic E-state index is -3.67. The average Bonchev–Trinajstić information content (AvgIpc) is 3.27. The van der Waals surface area contributed by atoms with E-state index in [2.05, 4.69) is 15.5 Å². The van der Waals surface area contributed by atoms with Gasteiger partial charge in [0.1, 0.15) is 0 Å². The molecule has 10 heteroatoms. The third-order valence-electron chi connectivity index (χ3n) is 4.75. The van der Waals surface area contributed by atoms with Crippen molar-refractivity contribution in [2.75, 3.05) is 31.6 Å². The highest BCUT2D eigenvalue weighted by Gasteiger charge is 2.27. The van der Waals surface area contributed by atoms with Crippen LogP contribution in [0.3, 0.4) is 0 Å². The molecule has 1 aromatic carbocycles. The maximum absolute atomic E-state index is 12.9. The molecule has 0 spiro atoms. The van der Waals surface area contributed by atoms with Gasteiger partial charge < -0.3 is 14.6 Å². The number of carbonyl (C=O) groups excluding carboxylic acids is 1. The van der Waals surface area contributed by atoms with Gasteiger partial charge in [0.2, 0.25) is 10.0 Å². The molecule has 1 amide bonds. The first-order chi connectivity index (χ1) is 14.4. The van der Waals surface area contributed by atoms with Gasteiger partial charge in [-0.15, -0.1) is 0 Å². The Balaban J connectivity index is 1.55. The summed E-state index contributed by atoms with van der Waals surface area (Å²) in [5, 5.41) is 6.53. The molecule has 2 aromatic heterocycles. The molecular weight excluding hydrogens is 408 g/mol. The Labute approximate surface area is 173 Å². The van der Waals surface area contributed by atoms with Gasteiger partial charge in [0.15, 0.2) is 11.5 Å². The molecule has 1 fully saturated rings. The number of ether oxygens (including phenoxy) is 1. The number of benzene rings is 1. The van der Waals surface area contributed by atoms with Crippen molar-refractivity contribution in [3.05, 3.63) is 60.0 Å². The van der Waals surface area contributed by atoms with E-state index in [4.69, 9.17) is 9.26 Å². The molecule has 0 aliphatic carbocycles. The van der Waals surface area contributed by atoms with Gasteiger partial charge in [0.25, 0.3) is 5.91 Å². The number of hydrogen-bond acceptors (Lipinski definition) is 7. The van der Waals surface area contributed by atoms with Crippen LogP contribution in [0.15, 0.2) is 58.2 Å². The van der Waals surface area contributed by atoms with Gasteiger partial charge in [-0.25, -0.2) is 8.42 Å². The Morgan fingerprint density at radius 2 is 1.97 bits per heavy atom. The van der Waals surface area contributed by atoms with Crippen LogP contribution in [0.25, 0.3) is 11.3 Å². The standard InChI is InChI=1S/C20H20N4O5S/c1-14-4-5-16(30(26,27)24-7-9-28-10-8-24)11-17(14)22-20(25)18-12-19(29-23-18)15-3-2-6-21-13-15/h2-6,11-13H,7-10H2,1H3,(H,22,25). The first-order valence-corrected chi connectivity index (χ1v) is 10.8. The van der Waals surface area contributed by atoms with Crippen molar-refractivity contribution >= 4 is 21.6 Å². The van der Waals surface area contributed by atoms with E-state index < -0.39 is 15.9 Å². The minimum Gasteiger partial charge on any atom is -0.379 e. The predicted octanol–water partition coefficient (Wildman–Crippen LogP) is 2.32. The highest BCUT2D eigenvalue weighted by atomic mass is 32.2. The predicted molar refractivity (Wildman–Crippen MR) is 108 cm³/mol. The van der Waals surface area contributed by atoms with Crippen molar-refractivity contribution in [3.63, 3.8) is 0 Å². The topological polar surface area (TPSA) is 115 Å². The second-order valence-corrected chi connectivity index (χ2v) is 8.70. The molecule has 156 valence electrons. The fraction of sp³-hybridized carbons (Fsp3) is 0.250. The number of aryl methyl sites for hydroxylation is 1. The SMILES string of the molecule is Cc1ccc(S(=O)(=O)N2CCOCC2)cc1NC(=O)c1cc(-c2cccnc2)on1. The van der Waals surface area contributed by atoms with E-state index in [1.165, 1.54) is 22.5 Å². The molecule has 1 N–H and O–H groups in total. The Kier molecular flexibility index (Phi) is 5.62. The smallest absolute Gasteiger partial charge is 0.277 e. The molecule has 0 atom stereocenters. The zero-order chi connectivity index (χ0) is 21.1. The van der Waals surface area contributed by atoms with Crippen LogP contribution in [0.1, 0.15) is 16.1 Å². The molecule has 0 unspecified atom stereocenters.